The van der Waals surface area contributed by atoms with Gasteiger partial charge >= 0.3 is 0 Å². The second-order valence-corrected chi connectivity index (χ2v) is 6.81. The van der Waals surface area contributed by atoms with Crippen molar-refractivity contribution in [1.82, 2.24) is 14.9 Å². The molecule has 0 amide bonds. The first kappa shape index (κ1) is 15.7. The summed E-state index contributed by atoms with van der Waals surface area (Å²) in [4.78, 5) is 21.7. The van der Waals surface area contributed by atoms with Crippen LogP contribution in [0.5, 0.6) is 0 Å². The van der Waals surface area contributed by atoms with Crippen LogP contribution >= 0.6 is 11.6 Å². The zero-order chi connectivity index (χ0) is 16.8. The van der Waals surface area contributed by atoms with Crippen LogP contribution in [0.4, 0.5) is 8.78 Å². The van der Waals surface area contributed by atoms with E-state index in [1.165, 1.54) is 0 Å². The van der Waals surface area contributed by atoms with E-state index in [0.29, 0.717) is 31.0 Å². The molecule has 0 bridgehead atoms. The van der Waals surface area contributed by atoms with Crippen LogP contribution in [0.25, 0.3) is 0 Å². The van der Waals surface area contributed by atoms with Crippen LogP contribution in [0.3, 0.4) is 0 Å². The maximum absolute atomic E-state index is 14.0. The second kappa shape index (κ2) is 5.93. The van der Waals surface area contributed by atoms with Crippen LogP contribution in [0.2, 0.25) is 5.02 Å². The predicted molar refractivity (Wildman–Crippen MR) is 86.0 cm³/mol. The molecule has 1 aromatic heterocycles. The molecule has 7 heteroatoms. The number of hydrogen-bond acceptors (Lipinski definition) is 3. The number of benzene rings is 1. The molecule has 4 nitrogen and oxygen atoms in total. The highest BCUT2D eigenvalue weighted by molar-refractivity contribution is 6.31. The van der Waals surface area contributed by atoms with E-state index in [4.69, 9.17) is 11.6 Å². The van der Waals surface area contributed by atoms with Crippen LogP contribution in [-0.4, -0.2) is 21.4 Å². The molecule has 0 spiro atoms. The number of nitrogens with zero attached hydrogens (tertiary/aromatic N) is 2. The van der Waals surface area contributed by atoms with E-state index in [2.05, 4.69) is 9.97 Å². The summed E-state index contributed by atoms with van der Waals surface area (Å²) in [5.41, 5.74) is 1.43. The van der Waals surface area contributed by atoms with Gasteiger partial charge in [0.1, 0.15) is 17.5 Å². The van der Waals surface area contributed by atoms with Gasteiger partial charge < -0.3 is 4.98 Å². The van der Waals surface area contributed by atoms with Crippen LogP contribution in [0, 0.1) is 11.6 Å². The van der Waals surface area contributed by atoms with E-state index in [1.807, 2.05) is 4.90 Å². The molecule has 126 valence electrons. The average Bonchev–Trinajstić information content (AvgIpc) is 3.40. The summed E-state index contributed by atoms with van der Waals surface area (Å²) in [7, 11) is 0. The molecular weight excluding hydrogens is 336 g/mol. The number of H-pyrrole nitrogens is 1. The molecule has 1 aliphatic carbocycles. The molecule has 1 fully saturated rings. The van der Waals surface area contributed by atoms with Gasteiger partial charge in [-0.05, 0) is 25.0 Å². The largest absolute Gasteiger partial charge is 0.310 e. The molecule has 1 aliphatic heterocycles. The Bertz CT molecular complexity index is 864. The van der Waals surface area contributed by atoms with Gasteiger partial charge in [0.15, 0.2) is 0 Å². The first-order valence-electron chi connectivity index (χ1n) is 7.99. The van der Waals surface area contributed by atoms with E-state index in [1.54, 1.807) is 0 Å². The Hall–Kier alpha value is -1.79. The predicted octanol–water partition coefficient (Wildman–Crippen LogP) is 3.14. The maximum Gasteiger partial charge on any atom is 0.255 e. The summed E-state index contributed by atoms with van der Waals surface area (Å²) in [6.45, 7) is 1.14. The van der Waals surface area contributed by atoms with E-state index >= 15 is 0 Å². The van der Waals surface area contributed by atoms with Crippen molar-refractivity contribution in [3.63, 3.8) is 0 Å². The van der Waals surface area contributed by atoms with Crippen molar-refractivity contribution in [3.8, 4) is 0 Å². The standard InChI is InChI=1S/C17H16ClF2N3O/c18-15-10(12(19)3-4-13(15)20)7-23-6-5-14-11(8-23)17(24)22-16(21-14)9-1-2-9/h3-4,9H,1-2,5-8H2,(H,21,22,24). The lowest BCUT2D eigenvalue weighted by atomic mass is 10.1. The SMILES string of the molecule is O=c1[nH]c(C2CC2)nc2c1CN(Cc1c(F)ccc(F)c1Cl)CC2. The second-order valence-electron chi connectivity index (χ2n) is 6.43. The fourth-order valence-electron chi connectivity index (χ4n) is 3.12. The van der Waals surface area contributed by atoms with Crippen LogP contribution in [0.15, 0.2) is 16.9 Å². The van der Waals surface area contributed by atoms with Gasteiger partial charge in [0.25, 0.3) is 5.56 Å². The zero-order valence-corrected chi connectivity index (χ0v) is 13.7. The molecule has 24 heavy (non-hydrogen) atoms. The van der Waals surface area contributed by atoms with Gasteiger partial charge in [0.2, 0.25) is 0 Å². The van der Waals surface area contributed by atoms with Crippen LogP contribution in [0.1, 0.15) is 41.4 Å². The Kier molecular flexibility index (Phi) is 3.89. The zero-order valence-electron chi connectivity index (χ0n) is 12.9. The number of nitrogens with one attached hydrogen (secondary N) is 1. The molecule has 2 heterocycles. The smallest absolute Gasteiger partial charge is 0.255 e. The molecule has 2 aromatic rings. The Labute approximate surface area is 142 Å². The van der Waals surface area contributed by atoms with Crippen molar-refractivity contribution >= 4 is 11.6 Å². The fraction of sp³-hybridized carbons (Fsp3) is 0.412. The molecule has 1 N–H and O–H groups in total. The molecule has 0 atom stereocenters. The number of rotatable bonds is 3. The molecule has 4 rings (SSSR count). The van der Waals surface area contributed by atoms with Gasteiger partial charge in [0.05, 0.1) is 16.3 Å². The number of halogens is 3. The van der Waals surface area contributed by atoms with Crippen molar-refractivity contribution in [2.24, 2.45) is 0 Å². The lowest BCUT2D eigenvalue weighted by molar-refractivity contribution is 0.238. The quantitative estimate of drug-likeness (QED) is 0.864. The Morgan fingerprint density at radius 3 is 2.79 bits per heavy atom. The van der Waals surface area contributed by atoms with Gasteiger partial charge in [-0.15, -0.1) is 0 Å². The molecule has 0 unspecified atom stereocenters. The Morgan fingerprint density at radius 1 is 1.29 bits per heavy atom. The van der Waals surface area contributed by atoms with Gasteiger partial charge in [-0.2, -0.15) is 0 Å². The van der Waals surface area contributed by atoms with Gasteiger partial charge in [-0.3, -0.25) is 9.69 Å². The Balaban J connectivity index is 1.59. The topological polar surface area (TPSA) is 49.0 Å². The van der Waals surface area contributed by atoms with Crippen molar-refractivity contribution in [2.45, 2.75) is 38.3 Å². The number of hydrogen-bond donors (Lipinski definition) is 1. The van der Waals surface area contributed by atoms with Crippen molar-refractivity contribution < 1.29 is 8.78 Å². The average molecular weight is 352 g/mol. The summed E-state index contributed by atoms with van der Waals surface area (Å²) >= 11 is 5.89. The van der Waals surface area contributed by atoms with E-state index in [-0.39, 0.29) is 22.7 Å². The fourth-order valence-corrected chi connectivity index (χ4v) is 3.34. The van der Waals surface area contributed by atoms with Crippen molar-refractivity contribution in [2.75, 3.05) is 6.54 Å². The minimum absolute atomic E-state index is 0.124. The molecule has 0 radical (unpaired) electrons. The van der Waals surface area contributed by atoms with E-state index in [9.17, 15) is 13.6 Å². The van der Waals surface area contributed by atoms with E-state index in [0.717, 1.165) is 36.5 Å². The maximum atomic E-state index is 14.0. The molecule has 0 saturated heterocycles. The summed E-state index contributed by atoms with van der Waals surface area (Å²) in [6.07, 6.45) is 2.77. The summed E-state index contributed by atoms with van der Waals surface area (Å²) in [5.74, 6) is -0.00461. The molecular formula is C17H16ClF2N3O. The molecule has 1 saturated carbocycles. The normalized spacial score (nSPS) is 17.8. The van der Waals surface area contributed by atoms with Crippen LogP contribution in [-0.2, 0) is 19.5 Å². The van der Waals surface area contributed by atoms with Crippen molar-refractivity contribution in [1.29, 1.82) is 0 Å². The Morgan fingerprint density at radius 2 is 2.04 bits per heavy atom. The van der Waals surface area contributed by atoms with Gasteiger partial charge in [0, 0.05) is 37.5 Å². The number of aromatic amines is 1. The first-order chi connectivity index (χ1) is 11.5. The third kappa shape index (κ3) is 2.84. The summed E-state index contributed by atoms with van der Waals surface area (Å²) in [5, 5.41) is -0.197. The number of aromatic nitrogens is 2. The minimum Gasteiger partial charge on any atom is -0.310 e. The minimum atomic E-state index is -0.640. The molecule has 2 aliphatic rings. The van der Waals surface area contributed by atoms with Crippen molar-refractivity contribution in [3.05, 3.63) is 61.8 Å². The third-order valence-corrected chi connectivity index (χ3v) is 5.06. The number of fused-ring (bicyclic) bond motifs is 1. The summed E-state index contributed by atoms with van der Waals surface area (Å²) in [6, 6.07) is 2.09. The molecule has 1 aromatic carbocycles. The monoisotopic (exact) mass is 351 g/mol. The van der Waals surface area contributed by atoms with Gasteiger partial charge in [-0.1, -0.05) is 11.6 Å². The van der Waals surface area contributed by atoms with Crippen LogP contribution < -0.4 is 5.56 Å². The lowest BCUT2D eigenvalue weighted by Gasteiger charge is -2.28. The highest BCUT2D eigenvalue weighted by Crippen LogP contribution is 2.38. The third-order valence-electron chi connectivity index (χ3n) is 4.65. The summed E-state index contributed by atoms with van der Waals surface area (Å²) < 4.78 is 27.5. The highest BCUT2D eigenvalue weighted by Gasteiger charge is 2.29. The first-order valence-corrected chi connectivity index (χ1v) is 8.37. The lowest BCUT2D eigenvalue weighted by Crippen LogP contribution is -2.36. The highest BCUT2D eigenvalue weighted by atomic mass is 35.5. The van der Waals surface area contributed by atoms with Gasteiger partial charge in [-0.25, -0.2) is 13.8 Å². The van der Waals surface area contributed by atoms with E-state index < -0.39 is 11.6 Å².